The molecule has 114 valence electrons. The molecule has 0 aliphatic carbocycles. The highest BCUT2D eigenvalue weighted by atomic mass is 16.1. The minimum absolute atomic E-state index is 0.279. The van der Waals surface area contributed by atoms with Crippen molar-refractivity contribution in [2.75, 3.05) is 11.9 Å². The molecule has 2 N–H and O–H groups in total. The number of nitrogens with zero attached hydrogens (tertiary/aromatic N) is 2. The first kappa shape index (κ1) is 14.7. The number of aromatic amines is 1. The molecule has 0 fully saturated rings. The minimum Gasteiger partial charge on any atom is -0.351 e. The van der Waals surface area contributed by atoms with E-state index in [4.69, 9.17) is 0 Å². The van der Waals surface area contributed by atoms with Gasteiger partial charge in [-0.05, 0) is 11.1 Å². The third-order valence-corrected chi connectivity index (χ3v) is 3.38. The molecule has 0 unspecified atom stereocenters. The zero-order valence-corrected chi connectivity index (χ0v) is 12.5. The van der Waals surface area contributed by atoms with Gasteiger partial charge in [0.25, 0.3) is 5.56 Å². The first-order valence-electron chi connectivity index (χ1n) is 7.25. The molecule has 0 aliphatic heterocycles. The number of H-pyrrole nitrogens is 1. The van der Waals surface area contributed by atoms with Crippen LogP contribution >= 0.6 is 0 Å². The number of nitrogens with one attached hydrogen (secondary N) is 2. The first-order chi connectivity index (χ1) is 11.3. The maximum absolute atomic E-state index is 12.1. The Morgan fingerprint density at radius 2 is 1.61 bits per heavy atom. The lowest BCUT2D eigenvalue weighted by atomic mass is 10.0. The van der Waals surface area contributed by atoms with E-state index in [0.29, 0.717) is 18.2 Å². The number of benzene rings is 2. The van der Waals surface area contributed by atoms with Gasteiger partial charge in [-0.15, -0.1) is 16.8 Å². The lowest BCUT2D eigenvalue weighted by Crippen LogP contribution is -2.16. The summed E-state index contributed by atoms with van der Waals surface area (Å²) in [7, 11) is 0. The molecule has 0 radical (unpaired) electrons. The maximum atomic E-state index is 12.1. The third-order valence-electron chi connectivity index (χ3n) is 3.38. The molecule has 3 aromatic rings. The van der Waals surface area contributed by atoms with Crippen LogP contribution in [0.5, 0.6) is 0 Å². The van der Waals surface area contributed by atoms with Gasteiger partial charge < -0.3 is 5.32 Å². The summed E-state index contributed by atoms with van der Waals surface area (Å²) in [5.41, 5.74) is 2.97. The smallest absolute Gasteiger partial charge is 0.279 e. The van der Waals surface area contributed by atoms with Crippen molar-refractivity contribution in [3.8, 4) is 22.4 Å². The van der Waals surface area contributed by atoms with Crippen molar-refractivity contribution < 1.29 is 0 Å². The SMILES string of the molecule is C=CCNc1nnc(-c2ccc(-c3ccccc3)cc2)c(=O)[nH]1. The predicted octanol–water partition coefficient (Wildman–Crippen LogP) is 3.10. The second-order valence-electron chi connectivity index (χ2n) is 4.96. The van der Waals surface area contributed by atoms with Crippen molar-refractivity contribution in [3.63, 3.8) is 0 Å². The molecule has 2 aromatic carbocycles. The van der Waals surface area contributed by atoms with Crippen LogP contribution in [0.4, 0.5) is 5.95 Å². The summed E-state index contributed by atoms with van der Waals surface area (Å²) in [5, 5.41) is 10.9. The third kappa shape index (κ3) is 3.35. The summed E-state index contributed by atoms with van der Waals surface area (Å²) in [6, 6.07) is 17.7. The largest absolute Gasteiger partial charge is 0.351 e. The Morgan fingerprint density at radius 3 is 2.26 bits per heavy atom. The molecule has 3 rings (SSSR count). The lowest BCUT2D eigenvalue weighted by molar-refractivity contribution is 0.948. The molecule has 0 bridgehead atoms. The lowest BCUT2D eigenvalue weighted by Gasteiger charge is -2.05. The van der Waals surface area contributed by atoms with Gasteiger partial charge in [0.05, 0.1) is 0 Å². The van der Waals surface area contributed by atoms with Crippen LogP contribution in [0.2, 0.25) is 0 Å². The molecule has 0 saturated carbocycles. The fraction of sp³-hybridized carbons (Fsp3) is 0.0556. The summed E-state index contributed by atoms with van der Waals surface area (Å²) in [5.74, 6) is 0.333. The molecule has 5 heteroatoms. The van der Waals surface area contributed by atoms with Gasteiger partial charge in [-0.1, -0.05) is 60.7 Å². The van der Waals surface area contributed by atoms with Crippen LogP contribution in [-0.2, 0) is 0 Å². The van der Waals surface area contributed by atoms with E-state index in [1.54, 1.807) is 6.08 Å². The van der Waals surface area contributed by atoms with Crippen LogP contribution in [-0.4, -0.2) is 21.7 Å². The van der Waals surface area contributed by atoms with Crippen molar-refractivity contribution in [1.82, 2.24) is 15.2 Å². The molecule has 0 amide bonds. The Labute approximate surface area is 133 Å². The Balaban J connectivity index is 1.88. The van der Waals surface area contributed by atoms with E-state index in [9.17, 15) is 4.79 Å². The molecule has 1 heterocycles. The van der Waals surface area contributed by atoms with Gasteiger partial charge in [-0.25, -0.2) is 0 Å². The normalized spacial score (nSPS) is 10.3. The highest BCUT2D eigenvalue weighted by Gasteiger charge is 2.07. The first-order valence-corrected chi connectivity index (χ1v) is 7.25. The molecule has 5 nitrogen and oxygen atoms in total. The summed E-state index contributed by atoms with van der Waals surface area (Å²) < 4.78 is 0. The number of anilines is 1. The van der Waals surface area contributed by atoms with Crippen LogP contribution in [0.25, 0.3) is 22.4 Å². The van der Waals surface area contributed by atoms with Crippen LogP contribution in [0.3, 0.4) is 0 Å². The molecule has 0 spiro atoms. The van der Waals surface area contributed by atoms with Crippen molar-refractivity contribution in [1.29, 1.82) is 0 Å². The molecule has 23 heavy (non-hydrogen) atoms. The van der Waals surface area contributed by atoms with Gasteiger partial charge in [0.2, 0.25) is 5.95 Å². The summed E-state index contributed by atoms with van der Waals surface area (Å²) in [4.78, 5) is 14.8. The van der Waals surface area contributed by atoms with Gasteiger partial charge in [0.15, 0.2) is 5.69 Å². The van der Waals surface area contributed by atoms with Crippen LogP contribution in [0.1, 0.15) is 0 Å². The maximum Gasteiger partial charge on any atom is 0.279 e. The number of hydrogen-bond acceptors (Lipinski definition) is 4. The van der Waals surface area contributed by atoms with Crippen LogP contribution in [0.15, 0.2) is 72.0 Å². The van der Waals surface area contributed by atoms with Crippen molar-refractivity contribution in [2.24, 2.45) is 0 Å². The van der Waals surface area contributed by atoms with E-state index in [0.717, 1.165) is 16.7 Å². The molecule has 0 aliphatic rings. The second kappa shape index (κ2) is 6.70. The van der Waals surface area contributed by atoms with E-state index in [2.05, 4.69) is 27.1 Å². The van der Waals surface area contributed by atoms with Gasteiger partial charge in [-0.2, -0.15) is 0 Å². The van der Waals surface area contributed by atoms with Crippen LogP contribution < -0.4 is 10.9 Å². The standard InChI is InChI=1S/C18H16N4O/c1-2-12-19-18-20-17(23)16(21-22-18)15-10-8-14(9-11-15)13-6-4-3-5-7-13/h2-11H,1,12H2,(H2,19,20,22,23). The summed E-state index contributed by atoms with van der Waals surface area (Å²) >= 11 is 0. The van der Waals surface area contributed by atoms with Crippen LogP contribution in [0, 0.1) is 0 Å². The zero-order valence-electron chi connectivity index (χ0n) is 12.5. The van der Waals surface area contributed by atoms with E-state index >= 15 is 0 Å². The summed E-state index contributed by atoms with van der Waals surface area (Å²) in [6.45, 7) is 4.10. The molecule has 0 atom stereocenters. The average Bonchev–Trinajstić information content (AvgIpc) is 2.61. The van der Waals surface area contributed by atoms with Crippen molar-refractivity contribution >= 4 is 5.95 Å². The highest BCUT2D eigenvalue weighted by molar-refractivity contribution is 5.68. The van der Waals surface area contributed by atoms with Gasteiger partial charge >= 0.3 is 0 Å². The topological polar surface area (TPSA) is 70.7 Å². The number of rotatable bonds is 5. The van der Waals surface area contributed by atoms with Gasteiger partial charge in [-0.3, -0.25) is 9.78 Å². The monoisotopic (exact) mass is 304 g/mol. The van der Waals surface area contributed by atoms with E-state index < -0.39 is 0 Å². The zero-order chi connectivity index (χ0) is 16.1. The van der Waals surface area contributed by atoms with Gasteiger partial charge in [0, 0.05) is 12.1 Å². The predicted molar refractivity (Wildman–Crippen MR) is 92.2 cm³/mol. The van der Waals surface area contributed by atoms with Crippen molar-refractivity contribution in [3.05, 3.63) is 77.6 Å². The molecule has 0 saturated heterocycles. The molecular formula is C18H16N4O. The summed E-state index contributed by atoms with van der Waals surface area (Å²) in [6.07, 6.45) is 1.68. The average molecular weight is 304 g/mol. The highest BCUT2D eigenvalue weighted by Crippen LogP contribution is 2.22. The second-order valence-corrected chi connectivity index (χ2v) is 4.96. The van der Waals surface area contributed by atoms with E-state index in [1.165, 1.54) is 0 Å². The van der Waals surface area contributed by atoms with Gasteiger partial charge in [0.1, 0.15) is 0 Å². The van der Waals surface area contributed by atoms with E-state index in [1.807, 2.05) is 54.6 Å². The Morgan fingerprint density at radius 1 is 0.957 bits per heavy atom. The molecule has 1 aromatic heterocycles. The Hall–Kier alpha value is -3.21. The van der Waals surface area contributed by atoms with E-state index in [-0.39, 0.29) is 5.56 Å². The van der Waals surface area contributed by atoms with Crippen molar-refractivity contribution in [2.45, 2.75) is 0 Å². The quantitative estimate of drug-likeness (QED) is 0.711. The number of aromatic nitrogens is 3. The Bertz CT molecular complexity index is 854. The Kier molecular flexibility index (Phi) is 4.29. The fourth-order valence-electron chi connectivity index (χ4n) is 2.23. The fourth-order valence-corrected chi connectivity index (χ4v) is 2.23. The number of hydrogen-bond donors (Lipinski definition) is 2. The molecular weight excluding hydrogens is 288 g/mol. The minimum atomic E-state index is -0.279.